The fourth-order valence-electron chi connectivity index (χ4n) is 2.06. The van der Waals surface area contributed by atoms with Gasteiger partial charge in [-0.05, 0) is 36.1 Å². The number of hydrogen-bond acceptors (Lipinski definition) is 1. The van der Waals surface area contributed by atoms with E-state index in [9.17, 15) is 4.39 Å². The topological polar surface area (TPSA) is 50.4 Å². The normalized spacial score (nSPS) is 11.0. The molecule has 0 aliphatic rings. The Morgan fingerprint density at radius 3 is 2.57 bits per heavy atom. The predicted octanol–water partition coefficient (Wildman–Crippen LogP) is 3.79. The van der Waals surface area contributed by atoms with Crippen molar-refractivity contribution in [2.24, 2.45) is 10.7 Å². The van der Waals surface area contributed by atoms with Crippen molar-refractivity contribution in [2.45, 2.75) is 12.8 Å². The van der Waals surface area contributed by atoms with Crippen LogP contribution in [-0.2, 0) is 12.8 Å². The highest BCUT2D eigenvalue weighted by Gasteiger charge is 2.01. The van der Waals surface area contributed by atoms with Gasteiger partial charge in [0.25, 0.3) is 0 Å². The van der Waals surface area contributed by atoms with Gasteiger partial charge >= 0.3 is 0 Å². The van der Waals surface area contributed by atoms with Gasteiger partial charge in [0.05, 0.1) is 0 Å². The SMILES string of the molecule is I.NC(=NCCc1ccc(F)cc1Cl)NCCc1ccccc1. The van der Waals surface area contributed by atoms with Crippen LogP contribution in [0.15, 0.2) is 53.5 Å². The average Bonchev–Trinajstić information content (AvgIpc) is 2.50. The Bertz CT molecular complexity index is 635. The summed E-state index contributed by atoms with van der Waals surface area (Å²) in [6, 6.07) is 14.5. The number of hydrogen-bond donors (Lipinski definition) is 2. The minimum Gasteiger partial charge on any atom is -0.370 e. The van der Waals surface area contributed by atoms with Crippen molar-refractivity contribution in [3.05, 3.63) is 70.5 Å². The Morgan fingerprint density at radius 2 is 1.87 bits per heavy atom. The second-order valence-electron chi connectivity index (χ2n) is 4.92. The van der Waals surface area contributed by atoms with Gasteiger partial charge in [0, 0.05) is 18.1 Å². The highest BCUT2D eigenvalue weighted by molar-refractivity contribution is 14.0. The molecular weight excluding hydrogens is 428 g/mol. The molecule has 0 fully saturated rings. The van der Waals surface area contributed by atoms with E-state index in [-0.39, 0.29) is 29.8 Å². The molecule has 6 heteroatoms. The lowest BCUT2D eigenvalue weighted by Crippen LogP contribution is -2.33. The molecule has 23 heavy (non-hydrogen) atoms. The highest BCUT2D eigenvalue weighted by atomic mass is 127. The summed E-state index contributed by atoms with van der Waals surface area (Å²) in [5, 5.41) is 3.50. The van der Waals surface area contributed by atoms with Crippen molar-refractivity contribution >= 4 is 41.5 Å². The molecule has 0 amide bonds. The van der Waals surface area contributed by atoms with Crippen LogP contribution in [-0.4, -0.2) is 19.0 Å². The average molecular weight is 448 g/mol. The van der Waals surface area contributed by atoms with Crippen molar-refractivity contribution in [3.8, 4) is 0 Å². The first kappa shape index (κ1) is 19.7. The molecule has 0 spiro atoms. The maximum absolute atomic E-state index is 12.9. The molecule has 0 unspecified atom stereocenters. The molecular formula is C17H20ClFIN3. The Morgan fingerprint density at radius 1 is 1.13 bits per heavy atom. The molecule has 0 saturated heterocycles. The van der Waals surface area contributed by atoms with Gasteiger partial charge in [-0.15, -0.1) is 24.0 Å². The summed E-state index contributed by atoms with van der Waals surface area (Å²) >= 11 is 5.96. The van der Waals surface area contributed by atoms with Crippen molar-refractivity contribution < 1.29 is 4.39 Å². The van der Waals surface area contributed by atoms with E-state index in [1.807, 2.05) is 18.2 Å². The standard InChI is InChI=1S/C17H19ClFN3.HI/c18-16-12-15(19)7-6-14(16)9-11-22-17(20)21-10-8-13-4-2-1-3-5-13;/h1-7,12H,8-11H2,(H3,20,21,22);1H. The molecule has 2 rings (SSSR count). The zero-order valence-electron chi connectivity index (χ0n) is 12.6. The number of aliphatic imine (C=N–C) groups is 1. The predicted molar refractivity (Wildman–Crippen MR) is 105 cm³/mol. The van der Waals surface area contributed by atoms with Gasteiger partial charge in [0.15, 0.2) is 5.96 Å². The highest BCUT2D eigenvalue weighted by Crippen LogP contribution is 2.17. The molecule has 0 saturated carbocycles. The molecule has 2 aromatic carbocycles. The van der Waals surface area contributed by atoms with Crippen LogP contribution in [0.5, 0.6) is 0 Å². The number of nitrogens with zero attached hydrogens (tertiary/aromatic N) is 1. The quantitative estimate of drug-likeness (QED) is 0.402. The van der Waals surface area contributed by atoms with E-state index < -0.39 is 0 Å². The third-order valence-corrected chi connectivity index (χ3v) is 3.59. The van der Waals surface area contributed by atoms with E-state index in [4.69, 9.17) is 17.3 Å². The third kappa shape index (κ3) is 7.18. The lowest BCUT2D eigenvalue weighted by molar-refractivity contribution is 0.627. The molecule has 0 bridgehead atoms. The van der Waals surface area contributed by atoms with Gasteiger partial charge < -0.3 is 11.1 Å². The second kappa shape index (κ2) is 10.4. The third-order valence-electron chi connectivity index (χ3n) is 3.24. The Kier molecular flexibility index (Phi) is 8.94. The van der Waals surface area contributed by atoms with Gasteiger partial charge in [-0.3, -0.25) is 4.99 Å². The first-order valence-electron chi connectivity index (χ1n) is 7.17. The van der Waals surface area contributed by atoms with Gasteiger partial charge in [-0.1, -0.05) is 48.0 Å². The minimum absolute atomic E-state index is 0. The molecule has 124 valence electrons. The molecule has 0 aliphatic heterocycles. The zero-order chi connectivity index (χ0) is 15.8. The molecule has 0 aromatic heterocycles. The molecule has 0 aliphatic carbocycles. The van der Waals surface area contributed by atoms with Gasteiger partial charge in [0.2, 0.25) is 0 Å². The fraction of sp³-hybridized carbons (Fsp3) is 0.235. The smallest absolute Gasteiger partial charge is 0.188 e. The van der Waals surface area contributed by atoms with Crippen LogP contribution in [0.3, 0.4) is 0 Å². The van der Waals surface area contributed by atoms with Crippen molar-refractivity contribution in [1.29, 1.82) is 0 Å². The summed E-state index contributed by atoms with van der Waals surface area (Å²) in [6.07, 6.45) is 1.51. The summed E-state index contributed by atoms with van der Waals surface area (Å²) < 4.78 is 12.9. The van der Waals surface area contributed by atoms with Crippen LogP contribution >= 0.6 is 35.6 Å². The first-order valence-corrected chi connectivity index (χ1v) is 7.54. The minimum atomic E-state index is -0.334. The van der Waals surface area contributed by atoms with E-state index in [2.05, 4.69) is 22.4 Å². The number of halogens is 3. The molecule has 3 nitrogen and oxygen atoms in total. The number of rotatable bonds is 6. The van der Waals surface area contributed by atoms with E-state index in [1.54, 1.807) is 6.07 Å². The number of guanidine groups is 1. The van der Waals surface area contributed by atoms with Crippen LogP contribution in [0.4, 0.5) is 4.39 Å². The van der Waals surface area contributed by atoms with Crippen LogP contribution in [0.1, 0.15) is 11.1 Å². The zero-order valence-corrected chi connectivity index (χ0v) is 15.7. The number of nitrogens with two attached hydrogens (primary N) is 1. The van der Waals surface area contributed by atoms with Crippen molar-refractivity contribution in [2.75, 3.05) is 13.1 Å². The summed E-state index contributed by atoms with van der Waals surface area (Å²) in [7, 11) is 0. The Hall–Kier alpha value is -1.34. The maximum Gasteiger partial charge on any atom is 0.188 e. The van der Waals surface area contributed by atoms with Gasteiger partial charge in [0.1, 0.15) is 5.82 Å². The summed E-state index contributed by atoms with van der Waals surface area (Å²) in [5.74, 6) is 0.0773. The molecule has 2 aromatic rings. The lowest BCUT2D eigenvalue weighted by Gasteiger charge is -2.06. The number of benzene rings is 2. The fourth-order valence-corrected chi connectivity index (χ4v) is 2.32. The van der Waals surface area contributed by atoms with Crippen LogP contribution < -0.4 is 11.1 Å². The maximum atomic E-state index is 12.9. The van der Waals surface area contributed by atoms with E-state index in [0.29, 0.717) is 23.9 Å². The van der Waals surface area contributed by atoms with E-state index in [0.717, 1.165) is 18.5 Å². The Balaban J connectivity index is 0.00000264. The van der Waals surface area contributed by atoms with E-state index in [1.165, 1.54) is 17.7 Å². The molecule has 3 N–H and O–H groups in total. The molecule has 0 atom stereocenters. The van der Waals surface area contributed by atoms with Crippen LogP contribution in [0.2, 0.25) is 5.02 Å². The van der Waals surface area contributed by atoms with Crippen molar-refractivity contribution in [1.82, 2.24) is 5.32 Å². The monoisotopic (exact) mass is 447 g/mol. The lowest BCUT2D eigenvalue weighted by atomic mass is 10.1. The summed E-state index contributed by atoms with van der Waals surface area (Å²) in [5.41, 5.74) is 7.93. The van der Waals surface area contributed by atoms with E-state index >= 15 is 0 Å². The molecule has 0 heterocycles. The van der Waals surface area contributed by atoms with Gasteiger partial charge in [-0.25, -0.2) is 4.39 Å². The largest absolute Gasteiger partial charge is 0.370 e. The van der Waals surface area contributed by atoms with Crippen LogP contribution in [0, 0.1) is 5.82 Å². The Labute approximate surface area is 158 Å². The first-order chi connectivity index (χ1) is 10.6. The van der Waals surface area contributed by atoms with Gasteiger partial charge in [-0.2, -0.15) is 0 Å². The second-order valence-corrected chi connectivity index (χ2v) is 5.32. The summed E-state index contributed by atoms with van der Waals surface area (Å²) in [6.45, 7) is 1.24. The number of nitrogens with one attached hydrogen (secondary N) is 1. The molecule has 0 radical (unpaired) electrons. The van der Waals surface area contributed by atoms with Crippen molar-refractivity contribution in [3.63, 3.8) is 0 Å². The summed E-state index contributed by atoms with van der Waals surface area (Å²) in [4.78, 5) is 4.25. The van der Waals surface area contributed by atoms with Crippen LogP contribution in [0.25, 0.3) is 0 Å².